The third-order valence-corrected chi connectivity index (χ3v) is 3.31. The van der Waals surface area contributed by atoms with Gasteiger partial charge in [0, 0.05) is 19.8 Å². The van der Waals surface area contributed by atoms with Crippen LogP contribution < -0.4 is 10.6 Å². The summed E-state index contributed by atoms with van der Waals surface area (Å²) in [5.74, 6) is -0.394. The van der Waals surface area contributed by atoms with Crippen LogP contribution in [0.2, 0.25) is 0 Å². The monoisotopic (exact) mass is 340 g/mol. The molecule has 106 valence electrons. The lowest BCUT2D eigenvalue weighted by atomic mass is 10.2. The van der Waals surface area contributed by atoms with Crippen molar-refractivity contribution >= 4 is 27.5 Å². The summed E-state index contributed by atoms with van der Waals surface area (Å²) in [7, 11) is 1.58. The zero-order valence-electron chi connectivity index (χ0n) is 10.9. The molecule has 0 bridgehead atoms. The molecule has 0 unspecified atom stereocenters. The summed E-state index contributed by atoms with van der Waals surface area (Å²) in [4.78, 5) is 11.2. The zero-order valence-corrected chi connectivity index (χ0v) is 12.4. The molecule has 2 aromatic rings. The molecule has 5 nitrogen and oxygen atoms in total. The average Bonchev–Trinajstić information content (AvgIpc) is 2.87. The Morgan fingerprint density at radius 2 is 2.30 bits per heavy atom. The fourth-order valence-electron chi connectivity index (χ4n) is 1.62. The molecule has 2 rings (SSSR count). The van der Waals surface area contributed by atoms with E-state index in [1.54, 1.807) is 36.3 Å². The maximum Gasteiger partial charge on any atom is 0.241 e. The fourth-order valence-corrected chi connectivity index (χ4v) is 2.05. The fraction of sp³-hybridized carbons (Fsp3) is 0.231. The van der Waals surface area contributed by atoms with Gasteiger partial charge in [-0.3, -0.25) is 9.48 Å². The van der Waals surface area contributed by atoms with E-state index in [2.05, 4.69) is 31.7 Å². The number of carbonyl (C=O) groups excluding carboxylic acids is 1. The van der Waals surface area contributed by atoms with Gasteiger partial charge in [0.25, 0.3) is 0 Å². The number of hydrogen-bond acceptors (Lipinski definition) is 3. The van der Waals surface area contributed by atoms with Gasteiger partial charge in [-0.25, -0.2) is 4.39 Å². The van der Waals surface area contributed by atoms with E-state index < -0.39 is 0 Å². The van der Waals surface area contributed by atoms with E-state index in [4.69, 9.17) is 0 Å². The van der Waals surface area contributed by atoms with Gasteiger partial charge in [-0.2, -0.15) is 5.10 Å². The van der Waals surface area contributed by atoms with E-state index >= 15 is 0 Å². The largest absolute Gasteiger partial charge is 0.378 e. The second kappa shape index (κ2) is 6.51. The minimum absolute atomic E-state index is 0.109. The van der Waals surface area contributed by atoms with Gasteiger partial charge in [-0.05, 0) is 33.6 Å². The molecule has 2 N–H and O–H groups in total. The van der Waals surface area contributed by atoms with Crippen LogP contribution in [0.5, 0.6) is 0 Å². The first-order valence-corrected chi connectivity index (χ1v) is 6.78. The number of hydrogen-bond donors (Lipinski definition) is 2. The smallest absolute Gasteiger partial charge is 0.241 e. The van der Waals surface area contributed by atoms with Crippen LogP contribution in [0.25, 0.3) is 0 Å². The van der Waals surface area contributed by atoms with Crippen LogP contribution in [0.1, 0.15) is 5.56 Å². The number of rotatable bonds is 5. The maximum atomic E-state index is 13.1. The molecule has 1 aromatic heterocycles. The predicted molar refractivity (Wildman–Crippen MR) is 77.7 cm³/mol. The summed E-state index contributed by atoms with van der Waals surface area (Å²) >= 11 is 3.15. The first kappa shape index (κ1) is 14.5. The molecule has 1 amide bonds. The van der Waals surface area contributed by atoms with Gasteiger partial charge < -0.3 is 10.6 Å². The lowest BCUT2D eigenvalue weighted by Gasteiger charge is -2.04. The van der Waals surface area contributed by atoms with Gasteiger partial charge >= 0.3 is 0 Å². The van der Waals surface area contributed by atoms with Crippen LogP contribution in [-0.2, 0) is 17.9 Å². The first-order valence-electron chi connectivity index (χ1n) is 5.99. The van der Waals surface area contributed by atoms with E-state index in [0.29, 0.717) is 11.0 Å². The molecule has 0 fully saturated rings. The number of likely N-dealkylation sites (N-methyl/N-ethyl adjacent to an activating group) is 1. The third kappa shape index (κ3) is 3.80. The van der Waals surface area contributed by atoms with Crippen molar-refractivity contribution in [1.29, 1.82) is 0 Å². The molecule has 0 radical (unpaired) electrons. The molecule has 1 aromatic carbocycles. The molecule has 0 saturated heterocycles. The standard InChI is InChI=1S/C13H14BrFN4O/c1-16-13(20)8-19-7-10(6-18-19)17-5-9-2-3-12(15)11(14)4-9/h2-4,6-7,17H,5,8H2,1H3,(H,16,20). The number of aromatic nitrogens is 2. The summed E-state index contributed by atoms with van der Waals surface area (Å²) in [6.45, 7) is 0.727. The SMILES string of the molecule is CNC(=O)Cn1cc(NCc2ccc(F)c(Br)c2)cn1. The van der Waals surface area contributed by atoms with E-state index in [0.717, 1.165) is 11.3 Å². The highest BCUT2D eigenvalue weighted by Crippen LogP contribution is 2.17. The number of halogens is 2. The Balaban J connectivity index is 1.93. The molecule has 0 atom stereocenters. The number of anilines is 1. The van der Waals surface area contributed by atoms with Crippen molar-refractivity contribution in [2.45, 2.75) is 13.1 Å². The molecule has 0 aliphatic carbocycles. The average molecular weight is 341 g/mol. The highest BCUT2D eigenvalue weighted by Gasteiger charge is 2.04. The number of nitrogens with zero attached hydrogens (tertiary/aromatic N) is 2. The second-order valence-electron chi connectivity index (χ2n) is 4.20. The van der Waals surface area contributed by atoms with Gasteiger partial charge in [0.15, 0.2) is 0 Å². The van der Waals surface area contributed by atoms with Crippen molar-refractivity contribution in [2.24, 2.45) is 0 Å². The summed E-state index contributed by atoms with van der Waals surface area (Å²) < 4.78 is 15.1. The number of amides is 1. The quantitative estimate of drug-likeness (QED) is 0.876. The Morgan fingerprint density at radius 3 is 3.00 bits per heavy atom. The molecular weight excluding hydrogens is 327 g/mol. The van der Waals surface area contributed by atoms with E-state index in [1.165, 1.54) is 6.07 Å². The molecule has 0 aliphatic heterocycles. The van der Waals surface area contributed by atoms with Crippen LogP contribution in [0.4, 0.5) is 10.1 Å². The second-order valence-corrected chi connectivity index (χ2v) is 5.06. The van der Waals surface area contributed by atoms with Crippen LogP contribution in [0.15, 0.2) is 35.1 Å². The van der Waals surface area contributed by atoms with Gasteiger partial charge in [0.2, 0.25) is 5.91 Å². The molecule has 0 saturated carbocycles. The number of carbonyl (C=O) groups is 1. The molecule has 0 spiro atoms. The van der Waals surface area contributed by atoms with Crippen molar-refractivity contribution in [1.82, 2.24) is 15.1 Å². The van der Waals surface area contributed by atoms with E-state index in [9.17, 15) is 9.18 Å². The molecule has 20 heavy (non-hydrogen) atoms. The molecule has 1 heterocycles. The van der Waals surface area contributed by atoms with Crippen molar-refractivity contribution in [2.75, 3.05) is 12.4 Å². The van der Waals surface area contributed by atoms with Crippen LogP contribution in [0, 0.1) is 5.82 Å². The van der Waals surface area contributed by atoms with Crippen molar-refractivity contribution < 1.29 is 9.18 Å². The van der Waals surface area contributed by atoms with E-state index in [1.807, 2.05) is 0 Å². The summed E-state index contributed by atoms with van der Waals surface area (Å²) in [5, 5.41) is 9.76. The van der Waals surface area contributed by atoms with Crippen molar-refractivity contribution in [3.63, 3.8) is 0 Å². The highest BCUT2D eigenvalue weighted by molar-refractivity contribution is 9.10. The lowest BCUT2D eigenvalue weighted by molar-refractivity contribution is -0.121. The van der Waals surface area contributed by atoms with Crippen LogP contribution in [-0.4, -0.2) is 22.7 Å². The van der Waals surface area contributed by atoms with Crippen LogP contribution >= 0.6 is 15.9 Å². The van der Waals surface area contributed by atoms with Gasteiger partial charge in [0.05, 0.1) is 16.4 Å². The predicted octanol–water partition coefficient (Wildman–Crippen LogP) is 2.14. The Hall–Kier alpha value is -1.89. The Morgan fingerprint density at radius 1 is 1.50 bits per heavy atom. The zero-order chi connectivity index (χ0) is 14.5. The lowest BCUT2D eigenvalue weighted by Crippen LogP contribution is -2.23. The Kier molecular flexibility index (Phi) is 4.73. The van der Waals surface area contributed by atoms with Crippen molar-refractivity contribution in [3.05, 3.63) is 46.4 Å². The summed E-state index contributed by atoms with van der Waals surface area (Å²) in [6.07, 6.45) is 3.38. The minimum Gasteiger partial charge on any atom is -0.378 e. The molecule has 7 heteroatoms. The Bertz CT molecular complexity index is 614. The molecule has 0 aliphatic rings. The molecular formula is C13H14BrFN4O. The third-order valence-electron chi connectivity index (χ3n) is 2.70. The van der Waals surface area contributed by atoms with Gasteiger partial charge in [0.1, 0.15) is 12.4 Å². The van der Waals surface area contributed by atoms with E-state index in [-0.39, 0.29) is 18.3 Å². The highest BCUT2D eigenvalue weighted by atomic mass is 79.9. The normalized spacial score (nSPS) is 10.3. The summed E-state index contributed by atoms with van der Waals surface area (Å²) in [5.41, 5.74) is 1.74. The Labute approximate surface area is 124 Å². The minimum atomic E-state index is -0.285. The van der Waals surface area contributed by atoms with Crippen molar-refractivity contribution in [3.8, 4) is 0 Å². The first-order chi connectivity index (χ1) is 9.58. The maximum absolute atomic E-state index is 13.1. The number of benzene rings is 1. The van der Waals surface area contributed by atoms with Crippen LogP contribution in [0.3, 0.4) is 0 Å². The summed E-state index contributed by atoms with van der Waals surface area (Å²) in [6, 6.07) is 4.84. The van der Waals surface area contributed by atoms with Gasteiger partial charge in [-0.1, -0.05) is 6.07 Å². The van der Waals surface area contributed by atoms with Gasteiger partial charge in [-0.15, -0.1) is 0 Å². The number of nitrogens with one attached hydrogen (secondary N) is 2. The topological polar surface area (TPSA) is 59.0 Å².